The van der Waals surface area contributed by atoms with Gasteiger partial charge < -0.3 is 19.4 Å². The van der Waals surface area contributed by atoms with Crippen molar-refractivity contribution >= 4 is 25.3 Å². The van der Waals surface area contributed by atoms with Crippen molar-refractivity contribution in [2.24, 2.45) is 0 Å². The molecule has 1 aromatic heterocycles. The van der Waals surface area contributed by atoms with Crippen LogP contribution in [0.2, 0.25) is 0 Å². The summed E-state index contributed by atoms with van der Waals surface area (Å²) in [4.78, 5) is 28.1. The third-order valence-corrected chi connectivity index (χ3v) is 4.20. The third kappa shape index (κ3) is 3.14. The zero-order valence-corrected chi connectivity index (χ0v) is 13.4. The average molecular weight is 315 g/mol. The van der Waals surface area contributed by atoms with Crippen molar-refractivity contribution in [1.82, 2.24) is 29.6 Å². The van der Waals surface area contributed by atoms with Crippen LogP contribution < -0.4 is 0 Å². The summed E-state index contributed by atoms with van der Waals surface area (Å²) in [5, 5.41) is 8.35. The van der Waals surface area contributed by atoms with Gasteiger partial charge in [0, 0.05) is 20.1 Å². The van der Waals surface area contributed by atoms with Crippen LogP contribution in [0.25, 0.3) is 5.70 Å². The lowest BCUT2D eigenvalue weighted by molar-refractivity contribution is 0.201. The summed E-state index contributed by atoms with van der Waals surface area (Å²) in [6.07, 6.45) is 5.68. The Labute approximate surface area is 136 Å². The molecule has 3 rings (SSSR count). The van der Waals surface area contributed by atoms with Gasteiger partial charge in [-0.2, -0.15) is 0 Å². The number of hydrogen-bond acceptors (Lipinski definition) is 5. The molecular formula is C14H20BN6O2. The second kappa shape index (κ2) is 6.53. The predicted molar refractivity (Wildman–Crippen MR) is 86.0 cm³/mol. The van der Waals surface area contributed by atoms with E-state index in [0.29, 0.717) is 13.1 Å². The fraction of sp³-hybridized carbons (Fsp3) is 0.571. The van der Waals surface area contributed by atoms with Crippen molar-refractivity contribution in [1.29, 1.82) is 0 Å². The van der Waals surface area contributed by atoms with E-state index in [0.717, 1.165) is 37.1 Å². The Morgan fingerprint density at radius 2 is 2.35 bits per heavy atom. The van der Waals surface area contributed by atoms with Crippen LogP contribution in [-0.2, 0) is 11.3 Å². The van der Waals surface area contributed by atoms with Gasteiger partial charge in [0.15, 0.2) is 0 Å². The van der Waals surface area contributed by atoms with Gasteiger partial charge in [-0.15, -0.1) is 5.10 Å². The van der Waals surface area contributed by atoms with Crippen molar-refractivity contribution in [2.75, 3.05) is 26.7 Å². The number of aromatic nitrogens is 3. The SMILES string of the molecule is CCCN([B]C=O)Cc1cn(C2=CC3CN(C2)C(=O)N3C)nn1. The maximum absolute atomic E-state index is 12.0. The number of amides is 2. The highest BCUT2D eigenvalue weighted by Gasteiger charge is 2.37. The maximum atomic E-state index is 12.0. The van der Waals surface area contributed by atoms with Gasteiger partial charge in [-0.05, 0) is 19.0 Å². The second-order valence-corrected chi connectivity index (χ2v) is 5.91. The molecule has 121 valence electrons. The summed E-state index contributed by atoms with van der Waals surface area (Å²) in [5.41, 5.74) is 1.75. The molecule has 2 aliphatic heterocycles. The van der Waals surface area contributed by atoms with Crippen LogP contribution in [0.15, 0.2) is 12.3 Å². The number of carbonyl (C=O) groups excluding carboxylic acids is 2. The fourth-order valence-electron chi connectivity index (χ4n) is 3.01. The lowest BCUT2D eigenvalue weighted by Gasteiger charge is -2.20. The Morgan fingerprint density at radius 1 is 1.52 bits per heavy atom. The Bertz CT molecular complexity index is 631. The van der Waals surface area contributed by atoms with E-state index in [-0.39, 0.29) is 12.1 Å². The van der Waals surface area contributed by atoms with E-state index in [1.807, 2.05) is 23.0 Å². The highest BCUT2D eigenvalue weighted by atomic mass is 16.2. The molecule has 1 unspecified atom stereocenters. The van der Waals surface area contributed by atoms with E-state index in [4.69, 9.17) is 0 Å². The number of urea groups is 1. The first-order valence-corrected chi connectivity index (χ1v) is 7.79. The van der Waals surface area contributed by atoms with Crippen LogP contribution in [0.5, 0.6) is 0 Å². The standard InChI is InChI=1S/C14H20BN6O2/c1-3-4-20(15-10-22)6-11-7-21(17-16-11)13-5-12-8-19(9-13)14(23)18(12)2/h5,7,10,12H,3-4,6,8-9H2,1-2H3. The Morgan fingerprint density at radius 3 is 3.04 bits per heavy atom. The molecule has 1 aromatic rings. The van der Waals surface area contributed by atoms with E-state index < -0.39 is 0 Å². The van der Waals surface area contributed by atoms with Crippen molar-refractivity contribution in [3.63, 3.8) is 0 Å². The molecular weight excluding hydrogens is 295 g/mol. The molecule has 2 bridgehead atoms. The lowest BCUT2D eigenvalue weighted by atomic mass is 9.94. The van der Waals surface area contributed by atoms with E-state index >= 15 is 0 Å². The number of carbonyl (C=O) groups is 2. The van der Waals surface area contributed by atoms with Crippen molar-refractivity contribution in [2.45, 2.75) is 25.9 Å². The molecule has 8 nitrogen and oxygen atoms in total. The molecule has 1 fully saturated rings. The molecule has 0 saturated carbocycles. The molecule has 0 aliphatic carbocycles. The molecule has 0 spiro atoms. The first kappa shape index (κ1) is 15.7. The molecule has 3 heterocycles. The minimum absolute atomic E-state index is 0.0521. The van der Waals surface area contributed by atoms with Gasteiger partial charge in [0.1, 0.15) is 0 Å². The van der Waals surface area contributed by atoms with Gasteiger partial charge in [-0.1, -0.05) is 12.1 Å². The zero-order chi connectivity index (χ0) is 16.4. The van der Waals surface area contributed by atoms with Crippen molar-refractivity contribution in [3.8, 4) is 0 Å². The topological polar surface area (TPSA) is 74.6 Å². The average Bonchev–Trinajstić information content (AvgIpc) is 3.08. The van der Waals surface area contributed by atoms with Gasteiger partial charge >= 0.3 is 6.03 Å². The summed E-state index contributed by atoms with van der Waals surface area (Å²) < 4.78 is 1.73. The number of nitrogens with zero attached hydrogens (tertiary/aromatic N) is 6. The first-order valence-electron chi connectivity index (χ1n) is 7.79. The Kier molecular flexibility index (Phi) is 4.47. The minimum Gasteiger partial charge on any atom is -0.335 e. The molecule has 1 saturated heterocycles. The van der Waals surface area contributed by atoms with Crippen LogP contribution in [0, 0.1) is 0 Å². The quantitative estimate of drug-likeness (QED) is 0.518. The highest BCUT2D eigenvalue weighted by molar-refractivity contribution is 6.64. The van der Waals surface area contributed by atoms with Crippen LogP contribution in [0.3, 0.4) is 0 Å². The number of hydrogen-bond donors (Lipinski definition) is 0. The zero-order valence-electron chi connectivity index (χ0n) is 13.4. The number of likely N-dealkylation sites (N-methyl/N-ethyl adjacent to an activating group) is 1. The van der Waals surface area contributed by atoms with E-state index in [9.17, 15) is 9.59 Å². The number of fused-ring (bicyclic) bond motifs is 2. The Balaban J connectivity index is 1.71. The van der Waals surface area contributed by atoms with Crippen molar-refractivity contribution in [3.05, 3.63) is 18.0 Å². The van der Waals surface area contributed by atoms with Crippen LogP contribution in [-0.4, -0.2) is 82.0 Å². The summed E-state index contributed by atoms with van der Waals surface area (Å²) >= 11 is 0. The van der Waals surface area contributed by atoms with Crippen LogP contribution in [0.1, 0.15) is 19.0 Å². The highest BCUT2D eigenvalue weighted by Crippen LogP contribution is 2.24. The second-order valence-electron chi connectivity index (χ2n) is 5.91. The largest absolute Gasteiger partial charge is 0.335 e. The minimum atomic E-state index is 0.0521. The molecule has 1 radical (unpaired) electrons. The summed E-state index contributed by atoms with van der Waals surface area (Å²) in [6, 6.07) is 0.148. The molecule has 2 amide bonds. The van der Waals surface area contributed by atoms with Gasteiger partial charge in [-0.3, -0.25) is 0 Å². The molecule has 1 atom stereocenters. The summed E-state index contributed by atoms with van der Waals surface area (Å²) in [7, 11) is 3.35. The van der Waals surface area contributed by atoms with Crippen molar-refractivity contribution < 1.29 is 9.59 Å². The monoisotopic (exact) mass is 315 g/mol. The van der Waals surface area contributed by atoms with E-state index in [1.165, 1.54) is 7.41 Å². The molecule has 23 heavy (non-hydrogen) atoms. The maximum Gasteiger partial charge on any atom is 0.320 e. The van der Waals surface area contributed by atoms with Gasteiger partial charge in [0.2, 0.25) is 0 Å². The molecule has 0 aromatic carbocycles. The first-order chi connectivity index (χ1) is 11.1. The molecule has 0 N–H and O–H groups in total. The third-order valence-electron chi connectivity index (χ3n) is 4.20. The van der Waals surface area contributed by atoms with Crippen LogP contribution in [0.4, 0.5) is 4.79 Å². The lowest BCUT2D eigenvalue weighted by Crippen LogP contribution is -2.31. The van der Waals surface area contributed by atoms with E-state index in [1.54, 1.807) is 9.58 Å². The van der Waals surface area contributed by atoms with E-state index in [2.05, 4.69) is 23.3 Å². The summed E-state index contributed by atoms with van der Waals surface area (Å²) in [5.74, 6) is 0. The van der Waals surface area contributed by atoms with Gasteiger partial charge in [0.25, 0.3) is 7.41 Å². The summed E-state index contributed by atoms with van der Waals surface area (Å²) in [6.45, 7) is 4.68. The van der Waals surface area contributed by atoms with Crippen LogP contribution >= 0.6 is 0 Å². The predicted octanol–water partition coefficient (Wildman–Crippen LogP) is -0.110. The Hall–Kier alpha value is -2.16. The molecule has 9 heteroatoms. The fourth-order valence-corrected chi connectivity index (χ4v) is 3.01. The smallest absolute Gasteiger partial charge is 0.320 e. The van der Waals surface area contributed by atoms with Gasteiger partial charge in [-0.25, -0.2) is 9.48 Å². The molecule has 2 aliphatic rings. The normalized spacial score (nSPS) is 20.2. The number of rotatable bonds is 7. The van der Waals surface area contributed by atoms with Gasteiger partial charge in [0.05, 0.1) is 36.4 Å².